The molecule has 0 saturated heterocycles. The number of nitrogens with zero attached hydrogens (tertiary/aromatic N) is 1. The third-order valence-corrected chi connectivity index (χ3v) is 5.53. The number of carbonyl (C=O) groups is 2. The van der Waals surface area contributed by atoms with Crippen molar-refractivity contribution in [1.29, 1.82) is 5.26 Å². The first-order chi connectivity index (χ1) is 12.5. The number of rotatable bonds is 7. The van der Waals surface area contributed by atoms with Crippen LogP contribution in [0, 0.1) is 29.1 Å². The van der Waals surface area contributed by atoms with Crippen LogP contribution in [0.1, 0.15) is 38.2 Å². The van der Waals surface area contributed by atoms with E-state index in [4.69, 9.17) is 14.7 Å². The van der Waals surface area contributed by atoms with Gasteiger partial charge in [0.2, 0.25) is 0 Å². The Bertz CT molecular complexity index is 695. The highest BCUT2D eigenvalue weighted by molar-refractivity contribution is 5.81. The molecule has 0 spiro atoms. The van der Waals surface area contributed by atoms with Gasteiger partial charge in [0.25, 0.3) is 5.91 Å². The fraction of sp³-hybridized carbons (Fsp3) is 0.550. The summed E-state index contributed by atoms with van der Waals surface area (Å²) in [4.78, 5) is 23.7. The van der Waals surface area contributed by atoms with Crippen molar-refractivity contribution in [2.75, 3.05) is 13.2 Å². The molecule has 138 valence electrons. The third kappa shape index (κ3) is 4.54. The summed E-state index contributed by atoms with van der Waals surface area (Å²) in [5.41, 5.74) is 0.515. The summed E-state index contributed by atoms with van der Waals surface area (Å²) in [6.45, 7) is 1.47. The van der Waals surface area contributed by atoms with Crippen molar-refractivity contribution in [2.45, 2.75) is 38.6 Å². The minimum atomic E-state index is -0.600. The molecular formula is C20H24N2O4. The van der Waals surface area contributed by atoms with Crippen LogP contribution < -0.4 is 10.1 Å². The highest BCUT2D eigenvalue weighted by Gasteiger charge is 2.42. The van der Waals surface area contributed by atoms with Gasteiger partial charge >= 0.3 is 5.97 Å². The van der Waals surface area contributed by atoms with Crippen molar-refractivity contribution in [3.05, 3.63) is 29.8 Å². The second-order valence-electron chi connectivity index (χ2n) is 7.28. The molecule has 0 aliphatic heterocycles. The molecule has 2 bridgehead atoms. The lowest BCUT2D eigenvalue weighted by Gasteiger charge is -2.28. The van der Waals surface area contributed by atoms with Crippen molar-refractivity contribution in [2.24, 2.45) is 17.8 Å². The molecule has 1 amide bonds. The van der Waals surface area contributed by atoms with Gasteiger partial charge in [-0.15, -0.1) is 0 Å². The quantitative estimate of drug-likeness (QED) is 0.758. The summed E-state index contributed by atoms with van der Waals surface area (Å²) in [6.07, 6.45) is 5.10. The number of hydrogen-bond donors (Lipinski definition) is 1. The minimum absolute atomic E-state index is 0.117. The number of fused-ring (bicyclic) bond motifs is 2. The van der Waals surface area contributed by atoms with E-state index in [1.807, 2.05) is 13.0 Å². The molecule has 0 radical (unpaired) electrons. The molecule has 6 heteroatoms. The smallest absolute Gasteiger partial charge is 0.344 e. The topological polar surface area (TPSA) is 88.4 Å². The molecule has 0 aromatic heterocycles. The van der Waals surface area contributed by atoms with Crippen molar-refractivity contribution < 1.29 is 19.1 Å². The highest BCUT2D eigenvalue weighted by atomic mass is 16.6. The lowest BCUT2D eigenvalue weighted by molar-refractivity contribution is -0.150. The van der Waals surface area contributed by atoms with Crippen LogP contribution in [0.3, 0.4) is 0 Å². The Kier molecular flexibility index (Phi) is 5.77. The SMILES string of the molecule is C[C@H](NC(=O)COC(=O)COc1ccc(C#N)cc1)[C@@H]1C[C@H]2CC[C@H]1C2. The summed E-state index contributed by atoms with van der Waals surface area (Å²) in [7, 11) is 0. The molecule has 2 aliphatic rings. The Morgan fingerprint density at radius 1 is 1.23 bits per heavy atom. The molecule has 26 heavy (non-hydrogen) atoms. The van der Waals surface area contributed by atoms with Crippen LogP contribution in [0.4, 0.5) is 0 Å². The number of carbonyl (C=O) groups excluding carboxylic acids is 2. The zero-order valence-corrected chi connectivity index (χ0v) is 14.9. The second-order valence-corrected chi connectivity index (χ2v) is 7.28. The van der Waals surface area contributed by atoms with E-state index in [2.05, 4.69) is 5.32 Å². The average Bonchev–Trinajstić information content (AvgIpc) is 3.28. The largest absolute Gasteiger partial charge is 0.482 e. The van der Waals surface area contributed by atoms with Crippen LogP contribution in [-0.4, -0.2) is 31.1 Å². The first kappa shape index (κ1) is 18.2. The standard InChI is InChI=1S/C20H24N2O4/c1-13(18-9-15-2-5-16(18)8-15)22-19(23)11-26-20(24)12-25-17-6-3-14(10-21)4-7-17/h3-4,6-7,13,15-16,18H,2,5,8-9,11-12H2,1H3,(H,22,23)/t13-,15-,16-,18-/m0/s1. The van der Waals surface area contributed by atoms with Gasteiger partial charge in [0, 0.05) is 6.04 Å². The summed E-state index contributed by atoms with van der Waals surface area (Å²) in [5, 5.41) is 11.7. The average molecular weight is 356 g/mol. The molecule has 6 nitrogen and oxygen atoms in total. The van der Waals surface area contributed by atoms with Crippen molar-refractivity contribution in [3.63, 3.8) is 0 Å². The molecule has 1 aromatic carbocycles. The van der Waals surface area contributed by atoms with E-state index in [9.17, 15) is 9.59 Å². The molecule has 2 aliphatic carbocycles. The molecular weight excluding hydrogens is 332 g/mol. The van der Waals surface area contributed by atoms with Gasteiger partial charge in [-0.05, 0) is 68.2 Å². The van der Waals surface area contributed by atoms with Crippen LogP contribution in [-0.2, 0) is 14.3 Å². The van der Waals surface area contributed by atoms with Crippen molar-refractivity contribution in [3.8, 4) is 11.8 Å². The van der Waals surface area contributed by atoms with Gasteiger partial charge in [-0.2, -0.15) is 5.26 Å². The highest BCUT2D eigenvalue weighted by Crippen LogP contribution is 2.49. The van der Waals surface area contributed by atoms with Gasteiger partial charge in [-0.25, -0.2) is 4.79 Å². The number of amides is 1. The van der Waals surface area contributed by atoms with E-state index < -0.39 is 5.97 Å². The summed E-state index contributed by atoms with van der Waals surface area (Å²) in [6, 6.07) is 8.54. The van der Waals surface area contributed by atoms with E-state index in [1.165, 1.54) is 25.7 Å². The molecule has 3 rings (SSSR count). The number of nitrogens with one attached hydrogen (secondary N) is 1. The van der Waals surface area contributed by atoms with Crippen LogP contribution in [0.25, 0.3) is 0 Å². The molecule has 1 aromatic rings. The fourth-order valence-corrected chi connectivity index (χ4v) is 4.26. The molecule has 2 fully saturated rings. The molecule has 4 atom stereocenters. The van der Waals surface area contributed by atoms with Gasteiger partial charge in [0.05, 0.1) is 11.6 Å². The fourth-order valence-electron chi connectivity index (χ4n) is 4.26. The number of hydrogen-bond acceptors (Lipinski definition) is 5. The van der Waals surface area contributed by atoms with Crippen LogP contribution >= 0.6 is 0 Å². The number of nitriles is 1. The van der Waals surface area contributed by atoms with Crippen LogP contribution in [0.15, 0.2) is 24.3 Å². The lowest BCUT2D eigenvalue weighted by Crippen LogP contribution is -2.42. The Labute approximate surface area is 153 Å². The Hall–Kier alpha value is -2.55. The summed E-state index contributed by atoms with van der Waals surface area (Å²) < 4.78 is 10.2. The van der Waals surface area contributed by atoms with Gasteiger partial charge < -0.3 is 14.8 Å². The monoisotopic (exact) mass is 356 g/mol. The third-order valence-electron chi connectivity index (χ3n) is 5.53. The normalized spacial score (nSPS) is 24.5. The predicted octanol–water partition coefficient (Wildman–Crippen LogP) is 2.42. The molecule has 1 N–H and O–H groups in total. The minimum Gasteiger partial charge on any atom is -0.482 e. The van der Waals surface area contributed by atoms with Gasteiger partial charge in [-0.3, -0.25) is 4.79 Å². The van der Waals surface area contributed by atoms with Crippen LogP contribution in [0.2, 0.25) is 0 Å². The molecule has 0 heterocycles. The zero-order valence-electron chi connectivity index (χ0n) is 14.9. The van der Waals surface area contributed by atoms with Crippen LogP contribution in [0.5, 0.6) is 5.75 Å². The Balaban J connectivity index is 1.34. The van der Waals surface area contributed by atoms with E-state index >= 15 is 0 Å². The Morgan fingerprint density at radius 2 is 2.00 bits per heavy atom. The maximum absolute atomic E-state index is 12.0. The predicted molar refractivity (Wildman–Crippen MR) is 94.2 cm³/mol. The van der Waals surface area contributed by atoms with E-state index in [1.54, 1.807) is 24.3 Å². The number of esters is 1. The van der Waals surface area contributed by atoms with Crippen molar-refractivity contribution >= 4 is 11.9 Å². The van der Waals surface area contributed by atoms with Gasteiger partial charge in [-0.1, -0.05) is 6.42 Å². The first-order valence-electron chi connectivity index (χ1n) is 9.13. The Morgan fingerprint density at radius 3 is 2.62 bits per heavy atom. The van der Waals surface area contributed by atoms with Crippen molar-refractivity contribution in [1.82, 2.24) is 5.32 Å². The van der Waals surface area contributed by atoms with E-state index in [0.717, 1.165) is 11.8 Å². The molecule has 2 saturated carbocycles. The maximum atomic E-state index is 12.0. The number of benzene rings is 1. The zero-order chi connectivity index (χ0) is 18.5. The number of ether oxygens (including phenoxy) is 2. The maximum Gasteiger partial charge on any atom is 0.344 e. The lowest BCUT2D eigenvalue weighted by atomic mass is 9.84. The molecule has 0 unspecified atom stereocenters. The second kappa shape index (κ2) is 8.22. The van der Waals surface area contributed by atoms with Gasteiger partial charge in [0.15, 0.2) is 13.2 Å². The van der Waals surface area contributed by atoms with Gasteiger partial charge in [0.1, 0.15) is 5.75 Å². The summed E-state index contributed by atoms with van der Waals surface area (Å²) >= 11 is 0. The first-order valence-corrected chi connectivity index (χ1v) is 9.13. The summed E-state index contributed by atoms with van der Waals surface area (Å²) in [5.74, 6) is 1.72. The van der Waals surface area contributed by atoms with E-state index in [-0.39, 0.29) is 25.2 Å². The van der Waals surface area contributed by atoms with E-state index in [0.29, 0.717) is 17.2 Å².